The topological polar surface area (TPSA) is 51.2 Å². The summed E-state index contributed by atoms with van der Waals surface area (Å²) in [7, 11) is 0. The highest BCUT2D eigenvalue weighted by Gasteiger charge is 2.00. The van der Waals surface area contributed by atoms with Crippen LogP contribution >= 0.6 is 15.9 Å². The third-order valence-corrected chi connectivity index (χ3v) is 3.29. The molecule has 2 rings (SSSR count). The quantitative estimate of drug-likeness (QED) is 0.658. The van der Waals surface area contributed by atoms with Crippen LogP contribution in [0.25, 0.3) is 0 Å². The lowest BCUT2D eigenvalue weighted by Gasteiger charge is -2.07. The molecule has 1 heterocycles. The van der Waals surface area contributed by atoms with Crippen molar-refractivity contribution >= 4 is 21.6 Å². The van der Waals surface area contributed by atoms with Crippen LogP contribution in [0.15, 0.2) is 45.5 Å². The van der Waals surface area contributed by atoms with Gasteiger partial charge in [0.1, 0.15) is 5.76 Å². The average Bonchev–Trinajstić information content (AvgIpc) is 2.82. The lowest BCUT2D eigenvalue weighted by atomic mass is 10.2. The Morgan fingerprint density at radius 3 is 2.94 bits per heavy atom. The molecular formula is C13H15BrN2O. The van der Waals surface area contributed by atoms with Gasteiger partial charge < -0.3 is 15.5 Å². The number of nitrogen functional groups attached to an aromatic ring is 1. The largest absolute Gasteiger partial charge is 0.469 e. The van der Waals surface area contributed by atoms with Crippen molar-refractivity contribution in [2.45, 2.75) is 13.0 Å². The van der Waals surface area contributed by atoms with Gasteiger partial charge in [-0.05, 0) is 35.9 Å². The second kappa shape index (κ2) is 5.89. The molecule has 0 fully saturated rings. The van der Waals surface area contributed by atoms with Gasteiger partial charge in [0.15, 0.2) is 0 Å². The highest BCUT2D eigenvalue weighted by Crippen LogP contribution is 2.19. The molecule has 17 heavy (non-hydrogen) atoms. The number of rotatable bonds is 5. The van der Waals surface area contributed by atoms with Gasteiger partial charge in [0, 0.05) is 29.7 Å². The van der Waals surface area contributed by atoms with Gasteiger partial charge in [-0.3, -0.25) is 0 Å². The second-order valence-corrected chi connectivity index (χ2v) is 4.71. The Bertz CT molecular complexity index is 468. The zero-order valence-corrected chi connectivity index (χ0v) is 11.0. The Hall–Kier alpha value is -1.26. The zero-order chi connectivity index (χ0) is 12.1. The fourth-order valence-corrected chi connectivity index (χ4v) is 2.01. The number of anilines is 1. The molecule has 3 N–H and O–H groups in total. The third kappa shape index (κ3) is 3.61. The summed E-state index contributed by atoms with van der Waals surface area (Å²) in [5, 5.41) is 3.36. The molecular weight excluding hydrogens is 280 g/mol. The highest BCUT2D eigenvalue weighted by molar-refractivity contribution is 9.10. The number of nitrogens with one attached hydrogen (secondary N) is 1. The summed E-state index contributed by atoms with van der Waals surface area (Å²) in [4.78, 5) is 0. The first-order valence-corrected chi connectivity index (χ1v) is 6.32. The van der Waals surface area contributed by atoms with Gasteiger partial charge in [0.2, 0.25) is 0 Å². The minimum atomic E-state index is 0.788. The molecule has 0 radical (unpaired) electrons. The van der Waals surface area contributed by atoms with Crippen molar-refractivity contribution in [2.24, 2.45) is 0 Å². The Morgan fingerprint density at radius 2 is 2.18 bits per heavy atom. The molecule has 1 aromatic carbocycles. The molecule has 0 saturated carbocycles. The second-order valence-electron chi connectivity index (χ2n) is 3.86. The molecule has 0 saturated heterocycles. The number of nitrogens with two attached hydrogens (primary N) is 1. The van der Waals surface area contributed by atoms with E-state index in [0.29, 0.717) is 0 Å². The maximum atomic E-state index is 5.75. The van der Waals surface area contributed by atoms with E-state index in [2.05, 4.69) is 21.2 Å². The predicted octanol–water partition coefficient (Wildman–Crippen LogP) is 2.96. The molecule has 1 aromatic heterocycles. The first-order chi connectivity index (χ1) is 8.25. The van der Waals surface area contributed by atoms with Gasteiger partial charge in [0.05, 0.1) is 6.26 Å². The van der Waals surface area contributed by atoms with Gasteiger partial charge in [-0.15, -0.1) is 0 Å². The van der Waals surface area contributed by atoms with Crippen molar-refractivity contribution in [2.75, 3.05) is 12.3 Å². The number of benzene rings is 1. The van der Waals surface area contributed by atoms with E-state index < -0.39 is 0 Å². The molecule has 0 spiro atoms. The van der Waals surface area contributed by atoms with E-state index in [1.165, 1.54) is 5.56 Å². The van der Waals surface area contributed by atoms with Crippen molar-refractivity contribution in [3.63, 3.8) is 0 Å². The fourth-order valence-electron chi connectivity index (χ4n) is 1.62. The van der Waals surface area contributed by atoms with Crippen molar-refractivity contribution in [3.05, 3.63) is 52.4 Å². The summed E-state index contributed by atoms with van der Waals surface area (Å²) in [6.07, 6.45) is 2.59. The summed E-state index contributed by atoms with van der Waals surface area (Å²) < 4.78 is 6.34. The summed E-state index contributed by atoms with van der Waals surface area (Å²) in [5.41, 5.74) is 7.70. The normalized spacial score (nSPS) is 10.6. The maximum Gasteiger partial charge on any atom is 0.105 e. The van der Waals surface area contributed by atoms with E-state index in [4.69, 9.17) is 10.2 Å². The Labute approximate surface area is 109 Å². The number of furan rings is 1. The van der Waals surface area contributed by atoms with Crippen LogP contribution in [0, 0.1) is 0 Å². The van der Waals surface area contributed by atoms with Gasteiger partial charge in [0.25, 0.3) is 0 Å². The standard InChI is InChI=1S/C13H15BrN2O/c14-13-4-3-11(15)8-10(13)9-16-6-5-12-2-1-7-17-12/h1-4,7-8,16H,5-6,9,15H2. The predicted molar refractivity (Wildman–Crippen MR) is 72.7 cm³/mol. The highest BCUT2D eigenvalue weighted by atomic mass is 79.9. The summed E-state index contributed by atoms with van der Waals surface area (Å²) in [6.45, 7) is 1.68. The molecule has 90 valence electrons. The van der Waals surface area contributed by atoms with Crippen molar-refractivity contribution in [3.8, 4) is 0 Å². The van der Waals surface area contributed by atoms with Crippen molar-refractivity contribution < 1.29 is 4.42 Å². The van der Waals surface area contributed by atoms with Crippen LogP contribution in [0.2, 0.25) is 0 Å². The van der Waals surface area contributed by atoms with E-state index in [1.807, 2.05) is 30.3 Å². The minimum Gasteiger partial charge on any atom is -0.469 e. The fraction of sp³-hybridized carbons (Fsp3) is 0.231. The van der Waals surface area contributed by atoms with Gasteiger partial charge in [-0.25, -0.2) is 0 Å². The molecule has 2 aromatic rings. The van der Waals surface area contributed by atoms with Crippen LogP contribution < -0.4 is 11.1 Å². The summed E-state index contributed by atoms with van der Waals surface area (Å²) in [5.74, 6) is 1.00. The lowest BCUT2D eigenvalue weighted by Crippen LogP contribution is -2.16. The molecule has 0 aliphatic carbocycles. The van der Waals surface area contributed by atoms with E-state index in [9.17, 15) is 0 Å². The van der Waals surface area contributed by atoms with E-state index in [-0.39, 0.29) is 0 Å². The van der Waals surface area contributed by atoms with Gasteiger partial charge in [-0.1, -0.05) is 15.9 Å². The third-order valence-electron chi connectivity index (χ3n) is 2.51. The van der Waals surface area contributed by atoms with Crippen LogP contribution in [0.5, 0.6) is 0 Å². The number of halogens is 1. The van der Waals surface area contributed by atoms with Crippen molar-refractivity contribution in [1.82, 2.24) is 5.32 Å². The van der Waals surface area contributed by atoms with Crippen molar-refractivity contribution in [1.29, 1.82) is 0 Å². The van der Waals surface area contributed by atoms with Gasteiger partial charge >= 0.3 is 0 Å². The van der Waals surface area contributed by atoms with Crippen LogP contribution in [0.4, 0.5) is 5.69 Å². The SMILES string of the molecule is Nc1ccc(Br)c(CNCCc2ccco2)c1. The average molecular weight is 295 g/mol. The van der Waals surface area contributed by atoms with E-state index in [1.54, 1.807) is 6.26 Å². The monoisotopic (exact) mass is 294 g/mol. The number of hydrogen-bond acceptors (Lipinski definition) is 3. The first-order valence-electron chi connectivity index (χ1n) is 5.53. The van der Waals surface area contributed by atoms with E-state index >= 15 is 0 Å². The maximum absolute atomic E-state index is 5.75. The minimum absolute atomic E-state index is 0.788. The smallest absolute Gasteiger partial charge is 0.105 e. The first kappa shape index (κ1) is 12.2. The zero-order valence-electron chi connectivity index (χ0n) is 9.45. The summed E-state index contributed by atoms with van der Waals surface area (Å²) >= 11 is 3.51. The molecule has 4 heteroatoms. The summed E-state index contributed by atoms with van der Waals surface area (Å²) in [6, 6.07) is 9.72. The molecule has 0 unspecified atom stereocenters. The van der Waals surface area contributed by atoms with Gasteiger partial charge in [-0.2, -0.15) is 0 Å². The molecule has 0 atom stereocenters. The Balaban J connectivity index is 1.80. The van der Waals surface area contributed by atoms with Crippen LogP contribution in [-0.2, 0) is 13.0 Å². The van der Waals surface area contributed by atoms with E-state index in [0.717, 1.165) is 35.4 Å². The molecule has 3 nitrogen and oxygen atoms in total. The Morgan fingerprint density at radius 1 is 1.29 bits per heavy atom. The number of hydrogen-bond donors (Lipinski definition) is 2. The van der Waals surface area contributed by atoms with Crippen LogP contribution in [-0.4, -0.2) is 6.54 Å². The molecule has 0 bridgehead atoms. The molecule has 0 amide bonds. The molecule has 0 aliphatic heterocycles. The van der Waals surface area contributed by atoms with Crippen LogP contribution in [0.3, 0.4) is 0 Å². The lowest BCUT2D eigenvalue weighted by molar-refractivity contribution is 0.498. The Kier molecular flexibility index (Phi) is 4.23. The molecule has 0 aliphatic rings. The van der Waals surface area contributed by atoms with Crippen LogP contribution in [0.1, 0.15) is 11.3 Å².